The van der Waals surface area contributed by atoms with E-state index in [1.807, 2.05) is 0 Å². The number of nitrogens with zero attached hydrogens (tertiary/aromatic N) is 2. The van der Waals surface area contributed by atoms with Crippen LogP contribution in [0.5, 0.6) is 0 Å². The lowest BCUT2D eigenvalue weighted by Gasteiger charge is -2.10. The van der Waals surface area contributed by atoms with E-state index in [0.29, 0.717) is 17.3 Å². The lowest BCUT2D eigenvalue weighted by atomic mass is 10.2. The molecule has 1 atom stereocenters. The van der Waals surface area contributed by atoms with Crippen molar-refractivity contribution in [3.63, 3.8) is 0 Å². The van der Waals surface area contributed by atoms with Crippen molar-refractivity contribution in [3.8, 4) is 0 Å². The van der Waals surface area contributed by atoms with E-state index in [4.69, 9.17) is 11.6 Å². The molecule has 128 valence electrons. The van der Waals surface area contributed by atoms with E-state index in [1.165, 1.54) is 12.1 Å². The van der Waals surface area contributed by atoms with Crippen LogP contribution in [-0.2, 0) is 9.59 Å². The molecule has 1 aromatic carbocycles. The van der Waals surface area contributed by atoms with Crippen molar-refractivity contribution in [1.29, 1.82) is 0 Å². The second-order valence-electron chi connectivity index (χ2n) is 5.25. The number of rotatable bonds is 6. The van der Waals surface area contributed by atoms with Crippen LogP contribution in [0.2, 0.25) is 5.02 Å². The SMILES string of the molecule is Cc1nc([C@H](C)NC(=O)CCC(=O)Nc2ccc(F)c(Cl)c2)n[nH]1. The molecule has 2 amide bonds. The number of benzene rings is 1. The van der Waals surface area contributed by atoms with Crippen LogP contribution in [0.3, 0.4) is 0 Å². The Morgan fingerprint density at radius 3 is 2.67 bits per heavy atom. The fourth-order valence-corrected chi connectivity index (χ4v) is 2.14. The number of nitrogens with one attached hydrogen (secondary N) is 3. The molecular formula is C15H17ClFN5O2. The minimum absolute atomic E-state index is 0.00844. The Labute approximate surface area is 143 Å². The lowest BCUT2D eigenvalue weighted by Crippen LogP contribution is -2.28. The maximum Gasteiger partial charge on any atom is 0.224 e. The quantitative estimate of drug-likeness (QED) is 0.742. The molecule has 7 nitrogen and oxygen atoms in total. The van der Waals surface area contributed by atoms with E-state index in [-0.39, 0.29) is 35.7 Å². The summed E-state index contributed by atoms with van der Waals surface area (Å²) in [6.45, 7) is 3.51. The van der Waals surface area contributed by atoms with Gasteiger partial charge in [0, 0.05) is 18.5 Å². The summed E-state index contributed by atoms with van der Waals surface area (Å²) in [5.41, 5.74) is 0.372. The van der Waals surface area contributed by atoms with Crippen LogP contribution in [0.4, 0.5) is 10.1 Å². The van der Waals surface area contributed by atoms with Gasteiger partial charge in [0.05, 0.1) is 11.1 Å². The maximum atomic E-state index is 13.0. The van der Waals surface area contributed by atoms with E-state index >= 15 is 0 Å². The molecule has 2 aromatic rings. The molecule has 9 heteroatoms. The summed E-state index contributed by atoms with van der Waals surface area (Å²) in [4.78, 5) is 27.8. The van der Waals surface area contributed by atoms with Gasteiger partial charge in [0.1, 0.15) is 11.6 Å². The monoisotopic (exact) mass is 353 g/mol. The van der Waals surface area contributed by atoms with Crippen molar-refractivity contribution < 1.29 is 14.0 Å². The number of carbonyl (C=O) groups excluding carboxylic acids is 2. The number of anilines is 1. The van der Waals surface area contributed by atoms with Crippen LogP contribution in [0, 0.1) is 12.7 Å². The Hall–Kier alpha value is -2.48. The number of aryl methyl sites for hydroxylation is 1. The highest BCUT2D eigenvalue weighted by Gasteiger charge is 2.15. The molecule has 0 saturated heterocycles. The summed E-state index contributed by atoms with van der Waals surface area (Å²) in [6.07, 6.45) is -0.00489. The number of aromatic nitrogens is 3. The van der Waals surface area contributed by atoms with Crippen LogP contribution >= 0.6 is 11.6 Å². The second kappa shape index (κ2) is 7.87. The Kier molecular flexibility index (Phi) is 5.86. The van der Waals surface area contributed by atoms with Gasteiger partial charge in [0.25, 0.3) is 0 Å². The second-order valence-corrected chi connectivity index (χ2v) is 5.65. The topological polar surface area (TPSA) is 99.8 Å². The first kappa shape index (κ1) is 17.9. The predicted octanol–water partition coefficient (Wildman–Crippen LogP) is 2.50. The van der Waals surface area contributed by atoms with Crippen molar-refractivity contribution in [3.05, 3.63) is 40.7 Å². The van der Waals surface area contributed by atoms with Gasteiger partial charge in [-0.25, -0.2) is 9.37 Å². The zero-order valence-corrected chi connectivity index (χ0v) is 13.9. The zero-order valence-electron chi connectivity index (χ0n) is 13.2. The number of amides is 2. The predicted molar refractivity (Wildman–Crippen MR) is 87.0 cm³/mol. The molecule has 2 rings (SSSR count). The molecule has 24 heavy (non-hydrogen) atoms. The normalized spacial score (nSPS) is 11.8. The first-order valence-corrected chi connectivity index (χ1v) is 7.66. The highest BCUT2D eigenvalue weighted by Crippen LogP contribution is 2.19. The average Bonchev–Trinajstić information content (AvgIpc) is 2.96. The minimum Gasteiger partial charge on any atom is -0.346 e. The maximum absolute atomic E-state index is 13.0. The van der Waals surface area contributed by atoms with Crippen LogP contribution in [-0.4, -0.2) is 27.0 Å². The Balaban J connectivity index is 1.78. The van der Waals surface area contributed by atoms with Crippen LogP contribution in [0.1, 0.15) is 37.5 Å². The third-order valence-corrected chi connectivity index (χ3v) is 3.45. The largest absolute Gasteiger partial charge is 0.346 e. The van der Waals surface area contributed by atoms with Crippen molar-refractivity contribution >= 4 is 29.1 Å². The van der Waals surface area contributed by atoms with Crippen molar-refractivity contribution in [2.45, 2.75) is 32.7 Å². The highest BCUT2D eigenvalue weighted by molar-refractivity contribution is 6.31. The fraction of sp³-hybridized carbons (Fsp3) is 0.333. The van der Waals surface area contributed by atoms with Gasteiger partial charge in [-0.3, -0.25) is 14.7 Å². The molecule has 0 aliphatic carbocycles. The Bertz CT molecular complexity index is 749. The third-order valence-electron chi connectivity index (χ3n) is 3.16. The molecule has 1 aromatic heterocycles. The summed E-state index contributed by atoms with van der Waals surface area (Å²) >= 11 is 5.64. The zero-order chi connectivity index (χ0) is 17.7. The molecule has 0 aliphatic heterocycles. The molecule has 3 N–H and O–H groups in total. The highest BCUT2D eigenvalue weighted by atomic mass is 35.5. The van der Waals surface area contributed by atoms with E-state index in [2.05, 4.69) is 25.8 Å². The van der Waals surface area contributed by atoms with Crippen LogP contribution < -0.4 is 10.6 Å². The van der Waals surface area contributed by atoms with Crippen LogP contribution in [0.25, 0.3) is 0 Å². The molecule has 0 spiro atoms. The van der Waals surface area contributed by atoms with Gasteiger partial charge >= 0.3 is 0 Å². The van der Waals surface area contributed by atoms with Gasteiger partial charge in [-0.2, -0.15) is 5.10 Å². The molecule has 0 unspecified atom stereocenters. The van der Waals surface area contributed by atoms with Crippen LogP contribution in [0.15, 0.2) is 18.2 Å². The number of carbonyl (C=O) groups is 2. The Morgan fingerprint density at radius 2 is 2.04 bits per heavy atom. The molecule has 1 heterocycles. The fourth-order valence-electron chi connectivity index (χ4n) is 1.96. The standard InChI is InChI=1S/C15H17ClFN5O2/c1-8(15-19-9(2)21-22-15)18-13(23)5-6-14(24)20-10-3-4-12(17)11(16)7-10/h3-4,7-8H,5-6H2,1-2H3,(H,18,23)(H,20,24)(H,19,21,22)/t8-/m0/s1. The van der Waals surface area contributed by atoms with E-state index in [1.54, 1.807) is 13.8 Å². The first-order valence-electron chi connectivity index (χ1n) is 7.28. The Morgan fingerprint density at radius 1 is 1.33 bits per heavy atom. The first-order chi connectivity index (χ1) is 11.3. The number of aromatic amines is 1. The lowest BCUT2D eigenvalue weighted by molar-refractivity contribution is -0.124. The third kappa shape index (κ3) is 5.02. The number of H-pyrrole nitrogens is 1. The summed E-state index contributed by atoms with van der Waals surface area (Å²) in [5.74, 6) is -0.0913. The van der Waals surface area contributed by atoms with Gasteiger partial charge < -0.3 is 10.6 Å². The summed E-state index contributed by atoms with van der Waals surface area (Å²) in [5, 5.41) is 11.8. The molecule has 0 saturated carbocycles. The van der Waals surface area contributed by atoms with Gasteiger partial charge in [-0.05, 0) is 32.0 Å². The molecule has 0 bridgehead atoms. The van der Waals surface area contributed by atoms with E-state index in [9.17, 15) is 14.0 Å². The smallest absolute Gasteiger partial charge is 0.224 e. The van der Waals surface area contributed by atoms with Gasteiger partial charge in [-0.15, -0.1) is 0 Å². The van der Waals surface area contributed by atoms with Crippen molar-refractivity contribution in [1.82, 2.24) is 20.5 Å². The van der Waals surface area contributed by atoms with Gasteiger partial charge in [-0.1, -0.05) is 11.6 Å². The number of hydrogen-bond acceptors (Lipinski definition) is 4. The number of hydrogen-bond donors (Lipinski definition) is 3. The summed E-state index contributed by atoms with van der Waals surface area (Å²) < 4.78 is 13.0. The van der Waals surface area contributed by atoms with Gasteiger partial charge in [0.2, 0.25) is 11.8 Å². The van der Waals surface area contributed by atoms with E-state index < -0.39 is 5.82 Å². The minimum atomic E-state index is -0.565. The molecule has 0 radical (unpaired) electrons. The summed E-state index contributed by atoms with van der Waals surface area (Å²) in [7, 11) is 0. The average molecular weight is 354 g/mol. The number of halogens is 2. The molecule has 0 fully saturated rings. The van der Waals surface area contributed by atoms with Crippen molar-refractivity contribution in [2.24, 2.45) is 0 Å². The molecule has 0 aliphatic rings. The molecular weight excluding hydrogens is 337 g/mol. The van der Waals surface area contributed by atoms with Crippen molar-refractivity contribution in [2.75, 3.05) is 5.32 Å². The van der Waals surface area contributed by atoms with Gasteiger partial charge in [0.15, 0.2) is 5.82 Å². The van der Waals surface area contributed by atoms with E-state index in [0.717, 1.165) is 6.07 Å². The summed E-state index contributed by atoms with van der Waals surface area (Å²) in [6, 6.07) is 3.50.